The van der Waals surface area contributed by atoms with E-state index in [1.165, 1.54) is 47.5 Å². The third-order valence-electron chi connectivity index (χ3n) is 13.9. The molecule has 0 bridgehead atoms. The highest BCUT2D eigenvalue weighted by Gasteiger charge is 2.21. The number of hydrogen-bond donors (Lipinski definition) is 0. The maximum Gasteiger partial charge on any atom is 0.164 e. The number of aromatic nitrogens is 4. The molecule has 0 fully saturated rings. The highest BCUT2D eigenvalue weighted by Crippen LogP contribution is 2.45. The number of hydrogen-bond acceptors (Lipinski definition) is 6. The summed E-state index contributed by atoms with van der Waals surface area (Å²) in [7, 11) is 0. The van der Waals surface area contributed by atoms with Gasteiger partial charge < -0.3 is 13.4 Å². The molecule has 0 N–H and O–H groups in total. The average Bonchev–Trinajstić information content (AvgIpc) is 4.19. The van der Waals surface area contributed by atoms with Crippen molar-refractivity contribution in [3.8, 4) is 62.1 Å². The predicted octanol–water partition coefficient (Wildman–Crippen LogP) is 17.5. The Morgan fingerprint density at radius 2 is 0.929 bits per heavy atom. The van der Waals surface area contributed by atoms with Gasteiger partial charge in [-0.15, -0.1) is 11.3 Å². The standard InChI is InChI=1S/C63H36N4O2S/c1-2-13-38(14-3-1)61-64-62(39-29-27-37(28-30-39)43-19-10-20-47-46-17-6-9-24-53(46)69-60(43)47)66-63(65-61)49-21-11-25-55-58(49)50-35-40(31-34-54(50)68-55)42-18-12-26-56-59(42)48-33-32-41(36-57(48)70-56)67-51-22-7-4-15-44(51)45-16-5-8-23-52(45)67/h1-36H. The van der Waals surface area contributed by atoms with Crippen LogP contribution in [0.15, 0.2) is 227 Å². The maximum absolute atomic E-state index is 6.61. The van der Waals surface area contributed by atoms with Crippen molar-refractivity contribution in [1.29, 1.82) is 0 Å². The van der Waals surface area contributed by atoms with E-state index in [0.29, 0.717) is 17.5 Å². The van der Waals surface area contributed by atoms with Crippen molar-refractivity contribution in [3.05, 3.63) is 218 Å². The number of benzene rings is 10. The van der Waals surface area contributed by atoms with Crippen LogP contribution in [0, 0.1) is 0 Å². The largest absolute Gasteiger partial charge is 0.456 e. The van der Waals surface area contributed by atoms with Gasteiger partial charge in [0.15, 0.2) is 17.5 Å². The Labute approximate surface area is 404 Å². The number of fused-ring (bicyclic) bond motifs is 12. The minimum atomic E-state index is 0.573. The van der Waals surface area contributed by atoms with E-state index in [0.717, 1.165) is 82.9 Å². The van der Waals surface area contributed by atoms with Crippen molar-refractivity contribution in [2.45, 2.75) is 0 Å². The summed E-state index contributed by atoms with van der Waals surface area (Å²) >= 11 is 1.84. The summed E-state index contributed by atoms with van der Waals surface area (Å²) in [5.41, 5.74) is 13.9. The summed E-state index contributed by atoms with van der Waals surface area (Å²) in [6.07, 6.45) is 0. The van der Waals surface area contributed by atoms with Gasteiger partial charge in [-0.1, -0.05) is 164 Å². The third kappa shape index (κ3) is 5.95. The van der Waals surface area contributed by atoms with Crippen LogP contribution in [0.25, 0.3) is 148 Å². The summed E-state index contributed by atoms with van der Waals surface area (Å²) in [6.45, 7) is 0. The van der Waals surface area contributed by atoms with Crippen LogP contribution in [0.5, 0.6) is 0 Å². The molecular weight excluding hydrogens is 877 g/mol. The Bertz CT molecular complexity index is 4550. The van der Waals surface area contributed by atoms with Crippen molar-refractivity contribution < 1.29 is 8.83 Å². The van der Waals surface area contributed by atoms with Gasteiger partial charge >= 0.3 is 0 Å². The molecule has 0 spiro atoms. The van der Waals surface area contributed by atoms with Crippen LogP contribution < -0.4 is 0 Å². The van der Waals surface area contributed by atoms with Gasteiger partial charge in [-0.25, -0.2) is 15.0 Å². The van der Waals surface area contributed by atoms with Crippen molar-refractivity contribution in [1.82, 2.24) is 19.5 Å². The van der Waals surface area contributed by atoms with E-state index < -0.39 is 0 Å². The molecule has 15 rings (SSSR count). The number of thiophene rings is 1. The number of rotatable bonds is 6. The molecule has 6 nitrogen and oxygen atoms in total. The van der Waals surface area contributed by atoms with E-state index >= 15 is 0 Å². The Balaban J connectivity index is 0.855. The zero-order chi connectivity index (χ0) is 45.9. The Kier molecular flexibility index (Phi) is 8.43. The molecule has 15 aromatic rings. The van der Waals surface area contributed by atoms with Gasteiger partial charge in [-0.2, -0.15) is 0 Å². The Hall–Kier alpha value is -9.17. The molecule has 0 saturated heterocycles. The molecule has 0 unspecified atom stereocenters. The molecule has 0 amide bonds. The third-order valence-corrected chi connectivity index (χ3v) is 15.0. The number of para-hydroxylation sites is 4. The molecule has 0 atom stereocenters. The number of nitrogens with zero attached hydrogens (tertiary/aromatic N) is 4. The molecule has 5 heterocycles. The second-order valence-corrected chi connectivity index (χ2v) is 18.9. The molecule has 70 heavy (non-hydrogen) atoms. The number of furan rings is 2. The van der Waals surface area contributed by atoms with Gasteiger partial charge in [0, 0.05) is 80.4 Å². The first-order valence-electron chi connectivity index (χ1n) is 23.4. The lowest BCUT2D eigenvalue weighted by Crippen LogP contribution is -2.00. The highest BCUT2D eigenvalue weighted by atomic mass is 32.1. The van der Waals surface area contributed by atoms with Gasteiger partial charge in [0.2, 0.25) is 0 Å². The molecule has 0 radical (unpaired) electrons. The van der Waals surface area contributed by atoms with Crippen LogP contribution in [0.3, 0.4) is 0 Å². The fourth-order valence-corrected chi connectivity index (χ4v) is 11.9. The molecule has 5 aromatic heterocycles. The maximum atomic E-state index is 6.61. The minimum absolute atomic E-state index is 0.573. The summed E-state index contributed by atoms with van der Waals surface area (Å²) in [4.78, 5) is 15.5. The van der Waals surface area contributed by atoms with Gasteiger partial charge in [0.05, 0.1) is 11.0 Å². The van der Waals surface area contributed by atoms with E-state index in [9.17, 15) is 0 Å². The van der Waals surface area contributed by atoms with E-state index in [4.69, 9.17) is 23.8 Å². The predicted molar refractivity (Wildman–Crippen MR) is 289 cm³/mol. The molecule has 326 valence electrons. The summed E-state index contributed by atoms with van der Waals surface area (Å²) in [5, 5.41) is 9.18. The molecule has 0 aliphatic carbocycles. The van der Waals surface area contributed by atoms with E-state index in [-0.39, 0.29) is 0 Å². The average molecular weight is 913 g/mol. The lowest BCUT2D eigenvalue weighted by Gasteiger charge is -2.10. The molecule has 0 saturated carbocycles. The Morgan fingerprint density at radius 1 is 0.329 bits per heavy atom. The smallest absolute Gasteiger partial charge is 0.164 e. The second kappa shape index (κ2) is 15.2. The van der Waals surface area contributed by atoms with Crippen LogP contribution in [0.1, 0.15) is 0 Å². The lowest BCUT2D eigenvalue weighted by atomic mass is 9.97. The van der Waals surface area contributed by atoms with Crippen LogP contribution in [0.4, 0.5) is 0 Å². The van der Waals surface area contributed by atoms with Crippen LogP contribution >= 0.6 is 11.3 Å². The lowest BCUT2D eigenvalue weighted by molar-refractivity contribution is 0.669. The van der Waals surface area contributed by atoms with Crippen molar-refractivity contribution >= 4 is 97.2 Å². The zero-order valence-corrected chi connectivity index (χ0v) is 38.1. The molecule has 7 heteroatoms. The normalized spacial score (nSPS) is 12.0. The van der Waals surface area contributed by atoms with Crippen molar-refractivity contribution in [2.75, 3.05) is 0 Å². The zero-order valence-electron chi connectivity index (χ0n) is 37.3. The fourth-order valence-electron chi connectivity index (χ4n) is 10.7. The fraction of sp³-hybridized carbons (Fsp3) is 0. The van der Waals surface area contributed by atoms with Gasteiger partial charge in [0.25, 0.3) is 0 Å². The summed E-state index contributed by atoms with van der Waals surface area (Å²) in [5.74, 6) is 1.75. The van der Waals surface area contributed by atoms with Crippen LogP contribution in [0.2, 0.25) is 0 Å². The quantitative estimate of drug-likeness (QED) is 0.166. The van der Waals surface area contributed by atoms with Crippen LogP contribution in [-0.2, 0) is 0 Å². The van der Waals surface area contributed by atoms with Crippen molar-refractivity contribution in [2.24, 2.45) is 0 Å². The first-order chi connectivity index (χ1) is 34.7. The summed E-state index contributed by atoms with van der Waals surface area (Å²) in [6, 6.07) is 76.7. The van der Waals surface area contributed by atoms with Crippen molar-refractivity contribution in [3.63, 3.8) is 0 Å². The van der Waals surface area contributed by atoms with E-state index in [1.807, 2.05) is 65.9 Å². The monoisotopic (exact) mass is 912 g/mol. The summed E-state index contributed by atoms with van der Waals surface area (Å²) < 4.78 is 17.9. The van der Waals surface area contributed by atoms with E-state index in [2.05, 4.69) is 168 Å². The first kappa shape index (κ1) is 38.9. The molecule has 0 aliphatic heterocycles. The SMILES string of the molecule is c1ccc(-c2nc(-c3ccc(-c4cccc5c4oc4ccccc45)cc3)nc(-c3cccc4oc5ccc(-c6cccc7sc8cc(-n9c%10ccccc%10c%10ccccc%109)ccc8c67)cc5c34)n2)cc1. The Morgan fingerprint density at radius 3 is 1.74 bits per heavy atom. The van der Waals surface area contributed by atoms with E-state index in [1.54, 1.807) is 0 Å². The van der Waals surface area contributed by atoms with Crippen LogP contribution in [-0.4, -0.2) is 19.5 Å². The highest BCUT2D eigenvalue weighted by molar-refractivity contribution is 7.26. The molecule has 0 aliphatic rings. The minimum Gasteiger partial charge on any atom is -0.456 e. The van der Waals surface area contributed by atoms with Gasteiger partial charge in [-0.05, 0) is 71.3 Å². The molecule has 10 aromatic carbocycles. The topological polar surface area (TPSA) is 69.9 Å². The second-order valence-electron chi connectivity index (χ2n) is 17.9. The first-order valence-corrected chi connectivity index (χ1v) is 24.2. The molecular formula is C63H36N4O2S. The van der Waals surface area contributed by atoms with Gasteiger partial charge in [-0.3, -0.25) is 0 Å². The van der Waals surface area contributed by atoms with Gasteiger partial charge in [0.1, 0.15) is 22.3 Å².